The maximum Gasteiger partial charge on any atom is 0.264 e. The van der Waals surface area contributed by atoms with Crippen molar-refractivity contribution in [3.8, 4) is 11.5 Å². The summed E-state index contributed by atoms with van der Waals surface area (Å²) in [5, 5.41) is 3.79. The summed E-state index contributed by atoms with van der Waals surface area (Å²) in [4.78, 5) is 34.0. The number of anilines is 2. The summed E-state index contributed by atoms with van der Waals surface area (Å²) in [7, 11) is 3.33. The number of piperazine rings is 1. The van der Waals surface area contributed by atoms with Crippen LogP contribution in [0.2, 0.25) is 5.02 Å². The SMILES string of the molecule is CCOc1ccc(C=C2Sc3ccc(C(=O)NCCN4CCN(c5cccc(Cl)c5)CC4)cc3N(C)C2=O)cc1OC. The monoisotopic (exact) mass is 606 g/mol. The smallest absolute Gasteiger partial charge is 0.264 e. The van der Waals surface area contributed by atoms with Crippen LogP contribution in [0.3, 0.4) is 0 Å². The molecule has 1 saturated heterocycles. The standard InChI is InChI=1S/C32H35ClN4O4S/c1-4-41-27-10-8-22(18-28(27)40-3)19-30-32(39)35(2)26-20-23(9-11-29(26)42-30)31(38)34-12-13-36-14-16-37(17-15-36)25-7-5-6-24(33)21-25/h5-11,18-21H,4,12-17H2,1-3H3,(H,34,38). The molecule has 0 unspecified atom stereocenters. The Balaban J connectivity index is 1.17. The molecule has 2 heterocycles. The number of likely N-dealkylation sites (N-methyl/N-ethyl adjacent to an activating group) is 1. The highest BCUT2D eigenvalue weighted by atomic mass is 35.5. The number of ether oxygens (including phenoxy) is 2. The predicted molar refractivity (Wildman–Crippen MR) is 170 cm³/mol. The molecule has 8 nitrogen and oxygen atoms in total. The lowest BCUT2D eigenvalue weighted by Crippen LogP contribution is -2.48. The minimum atomic E-state index is -0.149. The van der Waals surface area contributed by atoms with E-state index < -0.39 is 0 Å². The second-order valence-corrected chi connectivity index (χ2v) is 11.6. The zero-order valence-corrected chi connectivity index (χ0v) is 25.6. The first-order chi connectivity index (χ1) is 20.4. The highest BCUT2D eigenvalue weighted by Crippen LogP contribution is 2.42. The van der Waals surface area contributed by atoms with Crippen LogP contribution in [0.5, 0.6) is 11.5 Å². The van der Waals surface area contributed by atoms with E-state index in [9.17, 15) is 9.59 Å². The molecule has 42 heavy (non-hydrogen) atoms. The minimum Gasteiger partial charge on any atom is -0.493 e. The van der Waals surface area contributed by atoms with E-state index in [0.717, 1.165) is 59.6 Å². The molecule has 3 aromatic carbocycles. The van der Waals surface area contributed by atoms with Gasteiger partial charge < -0.3 is 24.6 Å². The van der Waals surface area contributed by atoms with Gasteiger partial charge in [0.2, 0.25) is 0 Å². The number of hydrogen-bond donors (Lipinski definition) is 1. The summed E-state index contributed by atoms with van der Waals surface area (Å²) in [6.07, 6.45) is 1.85. The van der Waals surface area contributed by atoms with E-state index in [0.29, 0.717) is 35.1 Å². The molecule has 0 aromatic heterocycles. The van der Waals surface area contributed by atoms with Gasteiger partial charge in [0.1, 0.15) is 0 Å². The van der Waals surface area contributed by atoms with Crippen molar-refractivity contribution in [3.63, 3.8) is 0 Å². The van der Waals surface area contributed by atoms with E-state index in [1.165, 1.54) is 11.8 Å². The number of carbonyl (C=O) groups is 2. The maximum atomic E-state index is 13.2. The third-order valence-corrected chi connectivity index (χ3v) is 8.67. The second kappa shape index (κ2) is 13.5. The first-order valence-electron chi connectivity index (χ1n) is 14.0. The molecule has 3 aromatic rings. The number of fused-ring (bicyclic) bond motifs is 1. The molecule has 2 amide bonds. The fourth-order valence-corrected chi connectivity index (χ4v) is 6.34. The Labute approximate surface area is 256 Å². The fourth-order valence-electron chi connectivity index (χ4n) is 5.07. The lowest BCUT2D eigenvalue weighted by atomic mass is 10.1. The summed E-state index contributed by atoms with van der Waals surface area (Å²) in [6.45, 7) is 7.46. The van der Waals surface area contributed by atoms with Crippen molar-refractivity contribution >= 4 is 52.6 Å². The van der Waals surface area contributed by atoms with Gasteiger partial charge in [-0.15, -0.1) is 0 Å². The third kappa shape index (κ3) is 6.86. The molecule has 10 heteroatoms. The number of amides is 2. The second-order valence-electron chi connectivity index (χ2n) is 10.1. The number of rotatable bonds is 9. The Bertz CT molecular complexity index is 1490. The van der Waals surface area contributed by atoms with Crippen LogP contribution < -0.4 is 24.6 Å². The molecule has 2 aliphatic rings. The van der Waals surface area contributed by atoms with E-state index in [2.05, 4.69) is 21.2 Å². The summed E-state index contributed by atoms with van der Waals surface area (Å²) in [5.74, 6) is 0.997. The van der Waals surface area contributed by atoms with E-state index >= 15 is 0 Å². The molecular formula is C32H35ClN4O4S. The average molecular weight is 607 g/mol. The number of benzene rings is 3. The van der Waals surface area contributed by atoms with Crippen LogP contribution in [0.1, 0.15) is 22.8 Å². The van der Waals surface area contributed by atoms with Crippen molar-refractivity contribution in [1.82, 2.24) is 10.2 Å². The molecule has 1 N–H and O–H groups in total. The predicted octanol–water partition coefficient (Wildman–Crippen LogP) is 5.41. The Kier molecular flexibility index (Phi) is 9.62. The largest absolute Gasteiger partial charge is 0.493 e. The number of nitrogens with zero attached hydrogens (tertiary/aromatic N) is 3. The normalized spacial score (nSPS) is 16.4. The summed E-state index contributed by atoms with van der Waals surface area (Å²) in [5.41, 5.74) is 3.23. The molecule has 0 bridgehead atoms. The van der Waals surface area contributed by atoms with Gasteiger partial charge in [-0.2, -0.15) is 0 Å². The Morgan fingerprint density at radius 2 is 1.86 bits per heavy atom. The van der Waals surface area contributed by atoms with Crippen molar-refractivity contribution in [2.75, 3.05) is 69.8 Å². The maximum absolute atomic E-state index is 13.2. The lowest BCUT2D eigenvalue weighted by Gasteiger charge is -2.36. The van der Waals surface area contributed by atoms with Gasteiger partial charge in [0, 0.05) is 67.5 Å². The van der Waals surface area contributed by atoms with Gasteiger partial charge in [-0.3, -0.25) is 14.5 Å². The van der Waals surface area contributed by atoms with Crippen molar-refractivity contribution in [1.29, 1.82) is 0 Å². The number of carbonyl (C=O) groups excluding carboxylic acids is 2. The molecule has 1 fully saturated rings. The summed E-state index contributed by atoms with van der Waals surface area (Å²) in [6, 6.07) is 19.0. The number of thioether (sulfide) groups is 1. The molecule has 220 valence electrons. The molecule has 0 radical (unpaired) electrons. The number of methoxy groups -OCH3 is 1. The summed E-state index contributed by atoms with van der Waals surface area (Å²) < 4.78 is 11.1. The first-order valence-corrected chi connectivity index (χ1v) is 15.2. The topological polar surface area (TPSA) is 74.4 Å². The number of halogens is 1. The van der Waals surface area contributed by atoms with Crippen LogP contribution in [0.15, 0.2) is 70.5 Å². The van der Waals surface area contributed by atoms with E-state index in [-0.39, 0.29) is 11.8 Å². The zero-order valence-electron chi connectivity index (χ0n) is 24.1. The molecule has 0 aliphatic carbocycles. The Morgan fingerprint density at radius 3 is 2.60 bits per heavy atom. The number of nitrogens with one attached hydrogen (secondary N) is 1. The molecular weight excluding hydrogens is 572 g/mol. The van der Waals surface area contributed by atoms with Gasteiger partial charge in [-0.25, -0.2) is 0 Å². The highest BCUT2D eigenvalue weighted by Gasteiger charge is 2.27. The third-order valence-electron chi connectivity index (χ3n) is 7.36. The van der Waals surface area contributed by atoms with Crippen LogP contribution in [0, 0.1) is 0 Å². The van der Waals surface area contributed by atoms with Crippen molar-refractivity contribution in [2.45, 2.75) is 11.8 Å². The Hall–Kier alpha value is -3.66. The quantitative estimate of drug-likeness (QED) is 0.327. The van der Waals surface area contributed by atoms with E-state index in [1.807, 2.05) is 61.5 Å². The van der Waals surface area contributed by atoms with Crippen LogP contribution in [-0.2, 0) is 4.79 Å². The average Bonchev–Trinajstić information content (AvgIpc) is 3.00. The van der Waals surface area contributed by atoms with Gasteiger partial charge in [0.05, 0.1) is 24.3 Å². The molecule has 0 spiro atoms. The van der Waals surface area contributed by atoms with Crippen molar-refractivity contribution in [3.05, 3.63) is 81.7 Å². The van der Waals surface area contributed by atoms with Crippen LogP contribution in [-0.4, -0.2) is 76.7 Å². The van der Waals surface area contributed by atoms with Gasteiger partial charge >= 0.3 is 0 Å². The molecule has 0 atom stereocenters. The van der Waals surface area contributed by atoms with Gasteiger partial charge in [0.15, 0.2) is 11.5 Å². The minimum absolute atomic E-state index is 0.130. The van der Waals surface area contributed by atoms with Crippen LogP contribution in [0.25, 0.3) is 6.08 Å². The van der Waals surface area contributed by atoms with E-state index in [4.69, 9.17) is 21.1 Å². The van der Waals surface area contributed by atoms with E-state index in [1.54, 1.807) is 25.1 Å². The van der Waals surface area contributed by atoms with Crippen molar-refractivity contribution in [2.24, 2.45) is 0 Å². The zero-order chi connectivity index (χ0) is 29.6. The molecule has 0 saturated carbocycles. The lowest BCUT2D eigenvalue weighted by molar-refractivity contribution is -0.114. The Morgan fingerprint density at radius 1 is 1.05 bits per heavy atom. The molecule has 5 rings (SSSR count). The summed E-state index contributed by atoms with van der Waals surface area (Å²) >= 11 is 7.54. The molecule has 2 aliphatic heterocycles. The first kappa shape index (κ1) is 29.8. The highest BCUT2D eigenvalue weighted by molar-refractivity contribution is 8.04. The van der Waals surface area contributed by atoms with Gasteiger partial charge in [-0.05, 0) is 67.1 Å². The van der Waals surface area contributed by atoms with Gasteiger partial charge in [-0.1, -0.05) is 35.5 Å². The van der Waals surface area contributed by atoms with Gasteiger partial charge in [0.25, 0.3) is 11.8 Å². The van der Waals surface area contributed by atoms with Crippen LogP contribution >= 0.6 is 23.4 Å². The fraction of sp³-hybridized carbons (Fsp3) is 0.312. The van der Waals surface area contributed by atoms with Crippen molar-refractivity contribution < 1.29 is 19.1 Å². The number of hydrogen-bond acceptors (Lipinski definition) is 7. The van der Waals surface area contributed by atoms with Crippen LogP contribution in [0.4, 0.5) is 11.4 Å².